The van der Waals surface area contributed by atoms with Crippen molar-refractivity contribution in [3.63, 3.8) is 0 Å². The van der Waals surface area contributed by atoms with E-state index in [1.54, 1.807) is 12.3 Å². The molecule has 0 spiro atoms. The van der Waals surface area contributed by atoms with Crippen molar-refractivity contribution in [1.29, 1.82) is 0 Å². The van der Waals surface area contributed by atoms with Crippen molar-refractivity contribution in [3.8, 4) is 0 Å². The molecule has 0 aliphatic rings. The Balaban J connectivity index is 4.92. The summed E-state index contributed by atoms with van der Waals surface area (Å²) in [5.41, 5.74) is 2.83. The summed E-state index contributed by atoms with van der Waals surface area (Å²) >= 11 is 0. The van der Waals surface area contributed by atoms with Gasteiger partial charge in [-0.25, -0.2) is 0 Å². The first kappa shape index (κ1) is 16.2. The van der Waals surface area contributed by atoms with E-state index in [9.17, 15) is 0 Å². The molecule has 0 aliphatic heterocycles. The maximum atomic E-state index is 5.31. The van der Waals surface area contributed by atoms with E-state index in [4.69, 9.17) is 4.74 Å². The third-order valence-electron chi connectivity index (χ3n) is 2.32. The van der Waals surface area contributed by atoms with E-state index >= 15 is 0 Å². The number of ether oxygens (including phenoxy) is 1. The molecule has 0 unspecified atom stereocenters. The second kappa shape index (κ2) is 9.23. The summed E-state index contributed by atoms with van der Waals surface area (Å²) in [5.74, 6) is 0.659. The minimum atomic E-state index is 0.617. The lowest BCUT2D eigenvalue weighted by Crippen LogP contribution is -1.94. The van der Waals surface area contributed by atoms with Gasteiger partial charge in [0.2, 0.25) is 0 Å². The van der Waals surface area contributed by atoms with E-state index in [1.165, 1.54) is 0 Å². The topological polar surface area (TPSA) is 21.6 Å². The van der Waals surface area contributed by atoms with E-state index in [-0.39, 0.29) is 0 Å². The average molecular weight is 245 g/mol. The molecule has 0 saturated carbocycles. The van der Waals surface area contributed by atoms with Crippen LogP contribution < -0.4 is 0 Å². The van der Waals surface area contributed by atoms with Crippen LogP contribution in [0.2, 0.25) is 0 Å². The molecule has 0 aromatic carbocycles. The molecule has 0 saturated heterocycles. The van der Waals surface area contributed by atoms with Crippen molar-refractivity contribution in [3.05, 3.63) is 60.6 Å². The number of nitrogens with zero attached hydrogens (tertiary/aromatic N) is 1. The van der Waals surface area contributed by atoms with E-state index in [1.807, 2.05) is 45.9 Å². The van der Waals surface area contributed by atoms with Gasteiger partial charge >= 0.3 is 0 Å². The SMILES string of the molecule is C=CC(=C\C=C/C)/C(C)=N/C=C(\C)C(=C)OCC. The Kier molecular flexibility index (Phi) is 8.29. The summed E-state index contributed by atoms with van der Waals surface area (Å²) in [4.78, 5) is 4.39. The number of aliphatic imine (C=N–C) groups is 1. The number of hydrogen-bond acceptors (Lipinski definition) is 2. The average Bonchev–Trinajstić information content (AvgIpc) is 2.37. The van der Waals surface area contributed by atoms with Crippen LogP contribution in [0.4, 0.5) is 0 Å². The molecule has 0 aliphatic carbocycles. The van der Waals surface area contributed by atoms with Crippen LogP contribution in [-0.4, -0.2) is 12.3 Å². The van der Waals surface area contributed by atoms with E-state index in [0.29, 0.717) is 12.4 Å². The van der Waals surface area contributed by atoms with Crippen molar-refractivity contribution in [1.82, 2.24) is 0 Å². The van der Waals surface area contributed by atoms with Gasteiger partial charge in [-0.3, -0.25) is 4.99 Å². The van der Waals surface area contributed by atoms with Crippen LogP contribution in [0, 0.1) is 0 Å². The Morgan fingerprint density at radius 3 is 2.50 bits per heavy atom. The summed E-state index contributed by atoms with van der Waals surface area (Å²) in [6.07, 6.45) is 9.46. The fraction of sp³-hybridized carbons (Fsp3) is 0.312. The zero-order chi connectivity index (χ0) is 14.0. The summed E-state index contributed by atoms with van der Waals surface area (Å²) < 4.78 is 5.31. The zero-order valence-electron chi connectivity index (χ0n) is 11.9. The fourth-order valence-corrected chi connectivity index (χ4v) is 1.16. The van der Waals surface area contributed by atoms with Crippen LogP contribution in [0.1, 0.15) is 27.7 Å². The predicted octanol–water partition coefficient (Wildman–Crippen LogP) is 4.59. The molecule has 0 aromatic rings. The first-order chi connectivity index (χ1) is 8.56. The lowest BCUT2D eigenvalue weighted by Gasteiger charge is -2.05. The summed E-state index contributed by atoms with van der Waals surface area (Å²) in [7, 11) is 0. The Bertz CT molecular complexity index is 409. The van der Waals surface area contributed by atoms with Crippen molar-refractivity contribution in [2.75, 3.05) is 6.61 Å². The molecular weight excluding hydrogens is 222 g/mol. The first-order valence-electron chi connectivity index (χ1n) is 6.05. The van der Waals surface area contributed by atoms with E-state index in [2.05, 4.69) is 18.2 Å². The van der Waals surface area contributed by atoms with Crippen LogP contribution >= 0.6 is 0 Å². The minimum Gasteiger partial charge on any atom is -0.494 e. The van der Waals surface area contributed by atoms with Crippen LogP contribution in [0.15, 0.2) is 65.6 Å². The fourth-order valence-electron chi connectivity index (χ4n) is 1.16. The van der Waals surface area contributed by atoms with Crippen molar-refractivity contribution in [2.45, 2.75) is 27.7 Å². The van der Waals surface area contributed by atoms with Gasteiger partial charge in [0.05, 0.1) is 6.61 Å². The Labute approximate surface area is 111 Å². The molecular formula is C16H23NO. The highest BCUT2D eigenvalue weighted by atomic mass is 16.5. The maximum Gasteiger partial charge on any atom is 0.116 e. The highest BCUT2D eigenvalue weighted by Crippen LogP contribution is 2.09. The largest absolute Gasteiger partial charge is 0.494 e. The van der Waals surface area contributed by atoms with Crippen LogP contribution in [0.5, 0.6) is 0 Å². The highest BCUT2D eigenvalue weighted by molar-refractivity contribution is 6.01. The van der Waals surface area contributed by atoms with E-state index in [0.717, 1.165) is 16.9 Å². The van der Waals surface area contributed by atoms with Gasteiger partial charge < -0.3 is 4.74 Å². The van der Waals surface area contributed by atoms with Gasteiger partial charge in [0, 0.05) is 17.5 Å². The molecule has 0 bridgehead atoms. The standard InChI is InChI=1S/C16H23NO/c1-7-10-11-16(8-2)14(5)17-12-13(4)15(6)18-9-3/h7-8,10-12H,2,6,9H2,1,3-5H3/b10-7-,13-12+,16-11+,17-14+. The molecule has 18 heavy (non-hydrogen) atoms. The van der Waals surface area contributed by atoms with Gasteiger partial charge in [-0.2, -0.15) is 0 Å². The lowest BCUT2D eigenvalue weighted by molar-refractivity contribution is 0.239. The third-order valence-corrected chi connectivity index (χ3v) is 2.32. The zero-order valence-corrected chi connectivity index (χ0v) is 11.9. The second-order valence-electron chi connectivity index (χ2n) is 3.73. The molecule has 0 aromatic heterocycles. The van der Waals surface area contributed by atoms with Gasteiger partial charge in [0.15, 0.2) is 0 Å². The molecule has 0 heterocycles. The summed E-state index contributed by atoms with van der Waals surface area (Å²) in [5, 5.41) is 0. The Morgan fingerprint density at radius 2 is 2.00 bits per heavy atom. The Morgan fingerprint density at radius 1 is 1.33 bits per heavy atom. The van der Waals surface area contributed by atoms with Crippen LogP contribution in [0.25, 0.3) is 0 Å². The maximum absolute atomic E-state index is 5.31. The van der Waals surface area contributed by atoms with Gasteiger partial charge in [0.25, 0.3) is 0 Å². The van der Waals surface area contributed by atoms with Gasteiger partial charge in [-0.1, -0.05) is 37.5 Å². The third kappa shape index (κ3) is 6.04. The molecule has 0 N–H and O–H groups in total. The van der Waals surface area contributed by atoms with Crippen molar-refractivity contribution in [2.24, 2.45) is 4.99 Å². The molecule has 0 fully saturated rings. The van der Waals surface area contributed by atoms with Gasteiger partial charge in [0.1, 0.15) is 5.76 Å². The molecule has 2 nitrogen and oxygen atoms in total. The highest BCUT2D eigenvalue weighted by Gasteiger charge is 1.97. The lowest BCUT2D eigenvalue weighted by atomic mass is 10.1. The van der Waals surface area contributed by atoms with E-state index < -0.39 is 0 Å². The van der Waals surface area contributed by atoms with Crippen molar-refractivity contribution >= 4 is 5.71 Å². The smallest absolute Gasteiger partial charge is 0.116 e. The number of rotatable bonds is 7. The Hall–Kier alpha value is -1.83. The minimum absolute atomic E-state index is 0.617. The van der Waals surface area contributed by atoms with Gasteiger partial charge in [-0.15, -0.1) is 0 Å². The van der Waals surface area contributed by atoms with Crippen LogP contribution in [-0.2, 0) is 4.74 Å². The molecule has 0 amide bonds. The first-order valence-corrected chi connectivity index (χ1v) is 6.05. The molecule has 0 rings (SSSR count). The summed E-state index contributed by atoms with van der Waals surface area (Å²) in [6, 6.07) is 0. The summed E-state index contributed by atoms with van der Waals surface area (Å²) in [6.45, 7) is 16.0. The molecule has 0 radical (unpaired) electrons. The normalized spacial score (nSPS) is 13.9. The predicted molar refractivity (Wildman–Crippen MR) is 80.7 cm³/mol. The number of hydrogen-bond donors (Lipinski definition) is 0. The molecule has 0 atom stereocenters. The number of allylic oxidation sites excluding steroid dienone is 6. The molecule has 98 valence electrons. The second-order valence-corrected chi connectivity index (χ2v) is 3.73. The quantitative estimate of drug-likeness (QED) is 0.365. The van der Waals surface area contributed by atoms with Gasteiger partial charge in [-0.05, 0) is 33.3 Å². The van der Waals surface area contributed by atoms with Crippen molar-refractivity contribution < 1.29 is 4.74 Å². The monoisotopic (exact) mass is 245 g/mol. The molecule has 2 heteroatoms. The van der Waals surface area contributed by atoms with Crippen LogP contribution in [0.3, 0.4) is 0 Å².